The van der Waals surface area contributed by atoms with Crippen molar-refractivity contribution in [1.29, 1.82) is 0 Å². The monoisotopic (exact) mass is 209 g/mol. The molecular formula is C12H16ClN. The van der Waals surface area contributed by atoms with Crippen molar-refractivity contribution in [3.63, 3.8) is 0 Å². The summed E-state index contributed by atoms with van der Waals surface area (Å²) in [6, 6.07) is 4.33. The van der Waals surface area contributed by atoms with Crippen LogP contribution in [0.3, 0.4) is 0 Å². The van der Waals surface area contributed by atoms with Gasteiger partial charge in [-0.05, 0) is 55.5 Å². The third-order valence-corrected chi connectivity index (χ3v) is 3.45. The highest BCUT2D eigenvalue weighted by molar-refractivity contribution is 6.31. The van der Waals surface area contributed by atoms with Crippen LogP contribution in [0, 0.1) is 13.8 Å². The van der Waals surface area contributed by atoms with Crippen LogP contribution in [0.15, 0.2) is 12.1 Å². The lowest BCUT2D eigenvalue weighted by atomic mass is 9.93. The second kappa shape index (κ2) is 3.92. The van der Waals surface area contributed by atoms with Crippen molar-refractivity contribution in [3.05, 3.63) is 33.8 Å². The third kappa shape index (κ3) is 1.79. The number of hydrogen-bond acceptors (Lipinski definition) is 1. The topological polar surface area (TPSA) is 12.0 Å². The van der Waals surface area contributed by atoms with Crippen molar-refractivity contribution in [2.45, 2.75) is 26.2 Å². The van der Waals surface area contributed by atoms with Crippen molar-refractivity contribution < 1.29 is 0 Å². The fraction of sp³-hybridized carbons (Fsp3) is 0.500. The Labute approximate surface area is 90.5 Å². The van der Waals surface area contributed by atoms with Gasteiger partial charge in [-0.15, -0.1) is 0 Å². The van der Waals surface area contributed by atoms with E-state index in [1.165, 1.54) is 23.1 Å². The van der Waals surface area contributed by atoms with Crippen LogP contribution in [0.5, 0.6) is 0 Å². The van der Waals surface area contributed by atoms with Gasteiger partial charge < -0.3 is 5.32 Å². The summed E-state index contributed by atoms with van der Waals surface area (Å²) in [7, 11) is 0. The maximum atomic E-state index is 6.14. The maximum absolute atomic E-state index is 6.14. The van der Waals surface area contributed by atoms with Crippen molar-refractivity contribution in [2.24, 2.45) is 0 Å². The van der Waals surface area contributed by atoms with Crippen LogP contribution in [0.25, 0.3) is 0 Å². The van der Waals surface area contributed by atoms with Crippen molar-refractivity contribution in [2.75, 3.05) is 13.1 Å². The Morgan fingerprint density at radius 2 is 2.07 bits per heavy atom. The minimum Gasteiger partial charge on any atom is -0.316 e. The Balaban J connectivity index is 2.37. The summed E-state index contributed by atoms with van der Waals surface area (Å²) in [5, 5.41) is 4.29. The highest BCUT2D eigenvalue weighted by Crippen LogP contribution is 2.29. The molecule has 0 saturated carbocycles. The van der Waals surface area contributed by atoms with Crippen LogP contribution in [0.1, 0.15) is 29.0 Å². The van der Waals surface area contributed by atoms with Gasteiger partial charge in [-0.2, -0.15) is 0 Å². The molecule has 14 heavy (non-hydrogen) atoms. The molecule has 76 valence electrons. The number of rotatable bonds is 1. The first-order valence-corrected chi connectivity index (χ1v) is 5.53. The van der Waals surface area contributed by atoms with Crippen LogP contribution >= 0.6 is 11.6 Å². The van der Waals surface area contributed by atoms with Gasteiger partial charge >= 0.3 is 0 Å². The van der Waals surface area contributed by atoms with E-state index in [-0.39, 0.29) is 0 Å². The van der Waals surface area contributed by atoms with E-state index < -0.39 is 0 Å². The van der Waals surface area contributed by atoms with E-state index in [9.17, 15) is 0 Å². The Kier molecular flexibility index (Phi) is 2.80. The smallest absolute Gasteiger partial charge is 0.0438 e. The average Bonchev–Trinajstić information content (AvgIpc) is 2.64. The van der Waals surface area contributed by atoms with Crippen LogP contribution in [-0.2, 0) is 0 Å². The zero-order valence-electron chi connectivity index (χ0n) is 8.73. The highest BCUT2D eigenvalue weighted by Gasteiger charge is 2.18. The van der Waals surface area contributed by atoms with Crippen LogP contribution in [0.2, 0.25) is 5.02 Å². The van der Waals surface area contributed by atoms with Crippen LogP contribution in [-0.4, -0.2) is 13.1 Å². The quantitative estimate of drug-likeness (QED) is 0.750. The van der Waals surface area contributed by atoms with Gasteiger partial charge in [0, 0.05) is 11.6 Å². The number of nitrogens with one attached hydrogen (secondary N) is 1. The molecule has 2 heteroatoms. The van der Waals surface area contributed by atoms with Crippen LogP contribution < -0.4 is 5.32 Å². The molecule has 1 aliphatic heterocycles. The summed E-state index contributed by atoms with van der Waals surface area (Å²) < 4.78 is 0. The summed E-state index contributed by atoms with van der Waals surface area (Å²) in [4.78, 5) is 0. The minimum absolute atomic E-state index is 0.660. The standard InChI is InChI=1S/C12H16ClN/c1-8-5-9(2)12(13)6-11(8)10-3-4-14-7-10/h5-6,10,14H,3-4,7H2,1-2H3. The summed E-state index contributed by atoms with van der Waals surface area (Å²) in [5.74, 6) is 0.660. The lowest BCUT2D eigenvalue weighted by Gasteiger charge is -2.14. The van der Waals surface area contributed by atoms with Gasteiger partial charge in [0.2, 0.25) is 0 Å². The zero-order chi connectivity index (χ0) is 10.1. The summed E-state index contributed by atoms with van der Waals surface area (Å²) in [6.07, 6.45) is 1.24. The molecule has 1 fully saturated rings. The fourth-order valence-electron chi connectivity index (χ4n) is 2.20. The van der Waals surface area contributed by atoms with Gasteiger partial charge in [0.05, 0.1) is 0 Å². The second-order valence-corrected chi connectivity index (χ2v) is 4.55. The zero-order valence-corrected chi connectivity index (χ0v) is 9.49. The normalized spacial score (nSPS) is 21.5. The second-order valence-electron chi connectivity index (χ2n) is 4.15. The molecule has 1 unspecified atom stereocenters. The highest BCUT2D eigenvalue weighted by atomic mass is 35.5. The predicted octanol–water partition coefficient (Wildman–Crippen LogP) is 3.03. The summed E-state index contributed by atoms with van der Waals surface area (Å²) in [5.41, 5.74) is 3.98. The third-order valence-electron chi connectivity index (χ3n) is 3.05. The Morgan fingerprint density at radius 1 is 1.29 bits per heavy atom. The molecule has 0 bridgehead atoms. The largest absolute Gasteiger partial charge is 0.316 e. The molecule has 0 amide bonds. The molecule has 1 atom stereocenters. The van der Waals surface area contributed by atoms with E-state index >= 15 is 0 Å². The molecule has 1 aromatic carbocycles. The number of benzene rings is 1. The van der Waals surface area contributed by atoms with Crippen molar-refractivity contribution in [1.82, 2.24) is 5.32 Å². The Hall–Kier alpha value is -0.530. The molecule has 0 radical (unpaired) electrons. The molecular weight excluding hydrogens is 194 g/mol. The SMILES string of the molecule is Cc1cc(C)c(C2CCNC2)cc1Cl. The van der Waals surface area contributed by atoms with E-state index in [1.807, 2.05) is 0 Å². The van der Waals surface area contributed by atoms with Crippen molar-refractivity contribution >= 4 is 11.6 Å². The van der Waals surface area contributed by atoms with Gasteiger partial charge in [-0.25, -0.2) is 0 Å². The number of aryl methyl sites for hydroxylation is 2. The first kappa shape index (κ1) is 10.0. The number of hydrogen-bond donors (Lipinski definition) is 1. The minimum atomic E-state index is 0.660. The lowest BCUT2D eigenvalue weighted by Crippen LogP contribution is -2.08. The molecule has 1 heterocycles. The molecule has 1 nitrogen and oxygen atoms in total. The fourth-order valence-corrected chi connectivity index (χ4v) is 2.37. The molecule has 1 saturated heterocycles. The maximum Gasteiger partial charge on any atom is 0.0438 e. The molecule has 2 rings (SSSR count). The van der Waals surface area contributed by atoms with Gasteiger partial charge in [-0.3, -0.25) is 0 Å². The first-order chi connectivity index (χ1) is 6.68. The van der Waals surface area contributed by atoms with E-state index in [2.05, 4.69) is 31.3 Å². The van der Waals surface area contributed by atoms with Gasteiger partial charge in [-0.1, -0.05) is 17.7 Å². The van der Waals surface area contributed by atoms with Gasteiger partial charge in [0.15, 0.2) is 0 Å². The Bertz CT molecular complexity index is 340. The molecule has 0 spiro atoms. The van der Waals surface area contributed by atoms with Crippen molar-refractivity contribution in [3.8, 4) is 0 Å². The molecule has 1 aromatic rings. The van der Waals surface area contributed by atoms with Gasteiger partial charge in [0.1, 0.15) is 0 Å². The molecule has 0 aromatic heterocycles. The predicted molar refractivity (Wildman–Crippen MR) is 61.2 cm³/mol. The molecule has 0 aliphatic carbocycles. The lowest BCUT2D eigenvalue weighted by molar-refractivity contribution is 0.757. The van der Waals surface area contributed by atoms with E-state index in [0.29, 0.717) is 5.92 Å². The molecule has 1 N–H and O–H groups in total. The number of halogens is 1. The van der Waals surface area contributed by atoms with E-state index in [0.717, 1.165) is 18.1 Å². The average molecular weight is 210 g/mol. The first-order valence-electron chi connectivity index (χ1n) is 5.16. The Morgan fingerprint density at radius 3 is 2.71 bits per heavy atom. The van der Waals surface area contributed by atoms with E-state index in [1.54, 1.807) is 0 Å². The summed E-state index contributed by atoms with van der Waals surface area (Å²) in [6.45, 7) is 6.47. The molecule has 1 aliphatic rings. The van der Waals surface area contributed by atoms with E-state index in [4.69, 9.17) is 11.6 Å². The van der Waals surface area contributed by atoms with Crippen LogP contribution in [0.4, 0.5) is 0 Å². The van der Waals surface area contributed by atoms with Gasteiger partial charge in [0.25, 0.3) is 0 Å². The summed E-state index contributed by atoms with van der Waals surface area (Å²) >= 11 is 6.14.